The Morgan fingerprint density at radius 3 is 1.96 bits per heavy atom. The summed E-state index contributed by atoms with van der Waals surface area (Å²) in [7, 11) is 0. The summed E-state index contributed by atoms with van der Waals surface area (Å²) in [6.07, 6.45) is 10.6. The maximum absolute atomic E-state index is 12.5. The summed E-state index contributed by atoms with van der Waals surface area (Å²) < 4.78 is 5.87. The third-order valence-electron chi connectivity index (χ3n) is 6.11. The number of carbonyl (C=O) groups excluding carboxylic acids is 1. The molecule has 3 atom stereocenters. The van der Waals surface area contributed by atoms with E-state index in [9.17, 15) is 4.79 Å². The van der Waals surface area contributed by atoms with Gasteiger partial charge in [0.25, 0.3) is 0 Å². The Balaban J connectivity index is 2.59. The molecular weight excluding hydrogens is 332 g/mol. The lowest BCUT2D eigenvalue weighted by molar-refractivity contribution is -0.151. The molecule has 1 fully saturated rings. The van der Waals surface area contributed by atoms with Crippen molar-refractivity contribution in [3.63, 3.8) is 0 Å². The highest BCUT2D eigenvalue weighted by Gasteiger charge is 2.28. The fourth-order valence-electron chi connectivity index (χ4n) is 4.96. The van der Waals surface area contributed by atoms with Crippen molar-refractivity contribution in [1.29, 1.82) is 0 Å². The minimum atomic E-state index is 0.0744. The molecule has 0 heterocycles. The second-order valence-electron chi connectivity index (χ2n) is 11.9. The summed E-state index contributed by atoms with van der Waals surface area (Å²) >= 11 is 0. The minimum Gasteiger partial charge on any atom is -0.465 e. The van der Waals surface area contributed by atoms with Crippen LogP contribution in [0.3, 0.4) is 0 Å². The minimum absolute atomic E-state index is 0.0744. The van der Waals surface area contributed by atoms with Crippen LogP contribution in [-0.2, 0) is 9.53 Å². The number of hydrogen-bond donors (Lipinski definition) is 0. The van der Waals surface area contributed by atoms with E-state index in [4.69, 9.17) is 4.74 Å². The molecule has 0 aliphatic heterocycles. The zero-order valence-corrected chi connectivity index (χ0v) is 19.7. The quantitative estimate of drug-likeness (QED) is 0.384. The van der Waals surface area contributed by atoms with Gasteiger partial charge < -0.3 is 4.74 Å². The zero-order chi connectivity index (χ0) is 20.7. The van der Waals surface area contributed by atoms with E-state index in [-0.39, 0.29) is 11.9 Å². The molecule has 1 saturated carbocycles. The molecule has 1 aliphatic carbocycles. The van der Waals surface area contributed by atoms with Crippen LogP contribution in [0.15, 0.2) is 0 Å². The largest absolute Gasteiger partial charge is 0.465 e. The molecule has 0 radical (unpaired) electrons. The van der Waals surface area contributed by atoms with Crippen LogP contribution >= 0.6 is 0 Å². The van der Waals surface area contributed by atoms with E-state index in [0.717, 1.165) is 18.8 Å². The van der Waals surface area contributed by atoms with Crippen molar-refractivity contribution in [2.45, 2.75) is 113 Å². The SMILES string of the molecule is CC(CCC(COC(=O)C1CCCCC1)C(C)CC(C)(C)C)CC(C)(C)C. The van der Waals surface area contributed by atoms with E-state index in [1.807, 2.05) is 0 Å². The van der Waals surface area contributed by atoms with Gasteiger partial charge in [0.15, 0.2) is 0 Å². The monoisotopic (exact) mass is 380 g/mol. The molecule has 0 aromatic carbocycles. The van der Waals surface area contributed by atoms with Gasteiger partial charge in [-0.25, -0.2) is 0 Å². The van der Waals surface area contributed by atoms with Crippen LogP contribution in [-0.4, -0.2) is 12.6 Å². The molecule has 0 N–H and O–H groups in total. The number of hydrogen-bond acceptors (Lipinski definition) is 2. The number of carbonyl (C=O) groups is 1. The Morgan fingerprint density at radius 2 is 1.44 bits per heavy atom. The lowest BCUT2D eigenvalue weighted by Gasteiger charge is -2.31. The lowest BCUT2D eigenvalue weighted by atomic mass is 9.76. The molecule has 0 amide bonds. The second kappa shape index (κ2) is 10.9. The highest BCUT2D eigenvalue weighted by atomic mass is 16.5. The molecule has 2 nitrogen and oxygen atoms in total. The van der Waals surface area contributed by atoms with Gasteiger partial charge in [-0.1, -0.05) is 81.1 Å². The number of ether oxygens (including phenoxy) is 1. The highest BCUT2D eigenvalue weighted by molar-refractivity contribution is 5.72. The van der Waals surface area contributed by atoms with Crippen molar-refractivity contribution in [2.75, 3.05) is 6.61 Å². The Hall–Kier alpha value is -0.530. The molecule has 160 valence electrons. The Bertz CT molecular complexity index is 421. The lowest BCUT2D eigenvalue weighted by Crippen LogP contribution is -2.27. The summed E-state index contributed by atoms with van der Waals surface area (Å²) in [6, 6.07) is 0. The average molecular weight is 381 g/mol. The van der Waals surface area contributed by atoms with Crippen LogP contribution in [0.4, 0.5) is 0 Å². The fourth-order valence-corrected chi connectivity index (χ4v) is 4.96. The predicted octanol–water partition coefficient (Wildman–Crippen LogP) is 7.65. The first kappa shape index (κ1) is 24.5. The summed E-state index contributed by atoms with van der Waals surface area (Å²) in [6.45, 7) is 19.3. The van der Waals surface area contributed by atoms with Crippen molar-refractivity contribution < 1.29 is 9.53 Å². The van der Waals surface area contributed by atoms with Crippen LogP contribution in [0.5, 0.6) is 0 Å². The van der Waals surface area contributed by atoms with Gasteiger partial charge in [0.2, 0.25) is 0 Å². The summed E-state index contributed by atoms with van der Waals surface area (Å²) in [4.78, 5) is 12.5. The van der Waals surface area contributed by atoms with Gasteiger partial charge in [0.1, 0.15) is 0 Å². The maximum Gasteiger partial charge on any atom is 0.308 e. The second-order valence-corrected chi connectivity index (χ2v) is 11.9. The van der Waals surface area contributed by atoms with Crippen molar-refractivity contribution in [3.8, 4) is 0 Å². The first-order chi connectivity index (χ1) is 12.4. The first-order valence-corrected chi connectivity index (χ1v) is 11.5. The van der Waals surface area contributed by atoms with Crippen molar-refractivity contribution >= 4 is 5.97 Å². The van der Waals surface area contributed by atoms with E-state index in [0.29, 0.717) is 29.3 Å². The van der Waals surface area contributed by atoms with E-state index in [1.165, 1.54) is 44.9 Å². The summed E-state index contributed by atoms with van der Waals surface area (Å²) in [5, 5.41) is 0. The Kier molecular flexibility index (Phi) is 9.86. The number of esters is 1. The van der Waals surface area contributed by atoms with Gasteiger partial charge in [0.05, 0.1) is 12.5 Å². The zero-order valence-electron chi connectivity index (χ0n) is 19.7. The van der Waals surface area contributed by atoms with Crippen LogP contribution in [0, 0.1) is 34.5 Å². The predicted molar refractivity (Wildman–Crippen MR) is 117 cm³/mol. The Morgan fingerprint density at radius 1 is 0.889 bits per heavy atom. The van der Waals surface area contributed by atoms with Crippen molar-refractivity contribution in [3.05, 3.63) is 0 Å². The van der Waals surface area contributed by atoms with E-state index < -0.39 is 0 Å². The van der Waals surface area contributed by atoms with Crippen molar-refractivity contribution in [1.82, 2.24) is 0 Å². The Labute approximate surface area is 170 Å². The van der Waals surface area contributed by atoms with Gasteiger partial charge in [-0.3, -0.25) is 4.79 Å². The molecule has 1 rings (SSSR count). The van der Waals surface area contributed by atoms with E-state index in [1.54, 1.807) is 0 Å². The molecular formula is C25H48O2. The maximum atomic E-state index is 12.5. The van der Waals surface area contributed by atoms with E-state index >= 15 is 0 Å². The fraction of sp³-hybridized carbons (Fsp3) is 0.960. The van der Waals surface area contributed by atoms with Gasteiger partial charge in [0, 0.05) is 0 Å². The highest BCUT2D eigenvalue weighted by Crippen LogP contribution is 2.34. The van der Waals surface area contributed by atoms with E-state index in [2.05, 4.69) is 55.4 Å². The molecule has 0 bridgehead atoms. The topological polar surface area (TPSA) is 26.3 Å². The van der Waals surface area contributed by atoms with Gasteiger partial charge in [-0.2, -0.15) is 0 Å². The molecule has 0 aromatic rings. The summed E-state index contributed by atoms with van der Waals surface area (Å²) in [5.74, 6) is 2.04. The van der Waals surface area contributed by atoms with Gasteiger partial charge in [-0.05, 0) is 60.7 Å². The molecule has 3 unspecified atom stereocenters. The molecule has 2 heteroatoms. The van der Waals surface area contributed by atoms with Gasteiger partial charge >= 0.3 is 5.97 Å². The third-order valence-corrected chi connectivity index (χ3v) is 6.11. The van der Waals surface area contributed by atoms with Crippen LogP contribution in [0.1, 0.15) is 113 Å². The normalized spacial score (nSPS) is 20.1. The molecule has 0 spiro atoms. The molecule has 0 saturated heterocycles. The van der Waals surface area contributed by atoms with Crippen LogP contribution in [0.25, 0.3) is 0 Å². The van der Waals surface area contributed by atoms with Gasteiger partial charge in [-0.15, -0.1) is 0 Å². The molecule has 1 aliphatic rings. The first-order valence-electron chi connectivity index (χ1n) is 11.5. The summed E-state index contributed by atoms with van der Waals surface area (Å²) in [5.41, 5.74) is 0.710. The smallest absolute Gasteiger partial charge is 0.308 e. The van der Waals surface area contributed by atoms with Crippen LogP contribution < -0.4 is 0 Å². The van der Waals surface area contributed by atoms with Crippen molar-refractivity contribution in [2.24, 2.45) is 34.5 Å². The molecule has 27 heavy (non-hydrogen) atoms. The standard InChI is InChI=1S/C25H48O2/c1-19(16-24(3,4)5)14-15-22(20(2)17-25(6,7)8)18-27-23(26)21-12-10-9-11-13-21/h19-22H,9-18H2,1-8H3. The third kappa shape index (κ3) is 11.2. The number of rotatable bonds is 9. The average Bonchev–Trinajstić information content (AvgIpc) is 2.52. The van der Waals surface area contributed by atoms with Crippen LogP contribution in [0.2, 0.25) is 0 Å². The molecule has 0 aromatic heterocycles.